The van der Waals surface area contributed by atoms with Crippen LogP contribution in [0.5, 0.6) is 0 Å². The van der Waals surface area contributed by atoms with Gasteiger partial charge in [0.2, 0.25) is 0 Å². The van der Waals surface area contributed by atoms with Crippen LogP contribution < -0.4 is 5.73 Å². The molecule has 2 nitrogen and oxygen atoms in total. The average Bonchev–Trinajstić information content (AvgIpc) is 2.72. The topological polar surface area (TPSA) is 29.3 Å². The summed E-state index contributed by atoms with van der Waals surface area (Å²) in [5.74, 6) is 0.650. The Morgan fingerprint density at radius 3 is 3.00 bits per heavy atom. The lowest BCUT2D eigenvalue weighted by Crippen LogP contribution is -2.24. The third kappa shape index (κ3) is 1.60. The Morgan fingerprint density at radius 2 is 2.43 bits per heavy atom. The average molecular weight is 210 g/mol. The van der Waals surface area contributed by atoms with Crippen molar-refractivity contribution < 1.29 is 0 Å². The zero-order valence-corrected chi connectivity index (χ0v) is 9.68. The highest BCUT2D eigenvalue weighted by Gasteiger charge is 2.33. The number of thiophene rings is 1. The highest BCUT2D eigenvalue weighted by atomic mass is 32.1. The molecule has 2 unspecified atom stereocenters. The van der Waals surface area contributed by atoms with Crippen molar-refractivity contribution in [3.63, 3.8) is 0 Å². The Kier molecular flexibility index (Phi) is 2.91. The number of hydrogen-bond acceptors (Lipinski definition) is 3. The van der Waals surface area contributed by atoms with Crippen LogP contribution in [0.1, 0.15) is 22.9 Å². The lowest BCUT2D eigenvalue weighted by atomic mass is 9.98. The van der Waals surface area contributed by atoms with Gasteiger partial charge < -0.3 is 5.73 Å². The molecular weight excluding hydrogens is 192 g/mol. The summed E-state index contributed by atoms with van der Waals surface area (Å²) in [4.78, 5) is 3.96. The van der Waals surface area contributed by atoms with Crippen molar-refractivity contribution in [2.45, 2.75) is 19.4 Å². The normalized spacial score (nSPS) is 28.5. The maximum absolute atomic E-state index is 5.82. The molecule has 0 spiro atoms. The van der Waals surface area contributed by atoms with Crippen molar-refractivity contribution >= 4 is 11.3 Å². The van der Waals surface area contributed by atoms with Crippen LogP contribution in [-0.4, -0.2) is 25.0 Å². The molecule has 2 atom stereocenters. The summed E-state index contributed by atoms with van der Waals surface area (Å²) in [5.41, 5.74) is 7.24. The predicted octanol–water partition coefficient (Wildman–Crippen LogP) is 2.01. The Balaban J connectivity index is 2.27. The van der Waals surface area contributed by atoms with Crippen LogP contribution >= 0.6 is 11.3 Å². The van der Waals surface area contributed by atoms with Gasteiger partial charge in [-0.2, -0.15) is 0 Å². The zero-order chi connectivity index (χ0) is 10.1. The molecule has 2 rings (SSSR count). The van der Waals surface area contributed by atoms with Crippen molar-refractivity contribution in [3.05, 3.63) is 21.9 Å². The minimum Gasteiger partial charge on any atom is -0.330 e. The number of rotatable bonds is 2. The Morgan fingerprint density at radius 1 is 1.64 bits per heavy atom. The van der Waals surface area contributed by atoms with Crippen LogP contribution in [-0.2, 0) is 0 Å². The van der Waals surface area contributed by atoms with Gasteiger partial charge in [0, 0.05) is 10.9 Å². The summed E-state index contributed by atoms with van der Waals surface area (Å²) in [5, 5.41) is 2.18. The molecule has 0 saturated carbocycles. The molecule has 0 aromatic carbocycles. The number of likely N-dealkylation sites (tertiary alicyclic amines) is 1. The molecule has 1 aromatic heterocycles. The first-order chi connectivity index (χ1) is 6.74. The predicted molar refractivity (Wildman–Crippen MR) is 61.6 cm³/mol. The smallest absolute Gasteiger partial charge is 0.0481 e. The van der Waals surface area contributed by atoms with Gasteiger partial charge in [-0.1, -0.05) is 0 Å². The molecular formula is C11H18N2S. The van der Waals surface area contributed by atoms with E-state index in [0.717, 1.165) is 6.54 Å². The van der Waals surface area contributed by atoms with Gasteiger partial charge in [-0.05, 0) is 56.4 Å². The highest BCUT2D eigenvalue weighted by Crippen LogP contribution is 2.39. The Hall–Kier alpha value is -0.380. The molecule has 1 aliphatic rings. The van der Waals surface area contributed by atoms with Gasteiger partial charge in [0.25, 0.3) is 0 Å². The minimum atomic E-state index is 0.569. The van der Waals surface area contributed by atoms with Gasteiger partial charge in [0.05, 0.1) is 0 Å². The van der Waals surface area contributed by atoms with Gasteiger partial charge in [0.1, 0.15) is 0 Å². The van der Waals surface area contributed by atoms with E-state index in [4.69, 9.17) is 5.73 Å². The van der Waals surface area contributed by atoms with E-state index in [-0.39, 0.29) is 0 Å². The van der Waals surface area contributed by atoms with E-state index >= 15 is 0 Å². The summed E-state index contributed by atoms with van der Waals surface area (Å²) < 4.78 is 0. The van der Waals surface area contributed by atoms with Gasteiger partial charge in [-0.3, -0.25) is 4.90 Å². The Labute approximate surface area is 89.7 Å². The molecule has 2 heterocycles. The van der Waals surface area contributed by atoms with Gasteiger partial charge in [-0.15, -0.1) is 11.3 Å². The number of hydrogen-bond donors (Lipinski definition) is 1. The molecule has 1 saturated heterocycles. The van der Waals surface area contributed by atoms with Crippen LogP contribution in [0.2, 0.25) is 0 Å². The number of nitrogens with two attached hydrogens (primary N) is 1. The van der Waals surface area contributed by atoms with E-state index in [2.05, 4.69) is 30.3 Å². The third-order valence-electron chi connectivity index (χ3n) is 3.25. The molecule has 1 aliphatic heterocycles. The maximum atomic E-state index is 5.82. The highest BCUT2D eigenvalue weighted by molar-refractivity contribution is 7.10. The second-order valence-electron chi connectivity index (χ2n) is 4.18. The molecule has 3 heteroatoms. The second-order valence-corrected chi connectivity index (χ2v) is 5.13. The van der Waals surface area contributed by atoms with Gasteiger partial charge in [0.15, 0.2) is 0 Å². The summed E-state index contributed by atoms with van der Waals surface area (Å²) in [7, 11) is 2.21. The van der Waals surface area contributed by atoms with Crippen molar-refractivity contribution in [2.24, 2.45) is 11.7 Å². The van der Waals surface area contributed by atoms with E-state index in [1.54, 1.807) is 0 Å². The summed E-state index contributed by atoms with van der Waals surface area (Å²) in [6.07, 6.45) is 1.25. The molecule has 0 aliphatic carbocycles. The van der Waals surface area contributed by atoms with E-state index in [9.17, 15) is 0 Å². The second kappa shape index (κ2) is 4.01. The van der Waals surface area contributed by atoms with E-state index in [1.165, 1.54) is 23.4 Å². The molecule has 1 aromatic rings. The van der Waals surface area contributed by atoms with Crippen molar-refractivity contribution in [1.82, 2.24) is 4.90 Å². The first-order valence-electron chi connectivity index (χ1n) is 5.18. The van der Waals surface area contributed by atoms with Gasteiger partial charge in [-0.25, -0.2) is 0 Å². The monoisotopic (exact) mass is 210 g/mol. The lowest BCUT2D eigenvalue weighted by molar-refractivity contribution is 0.283. The number of nitrogens with zero attached hydrogens (tertiary/aromatic N) is 1. The van der Waals surface area contributed by atoms with Crippen LogP contribution in [0.4, 0.5) is 0 Å². The fraction of sp³-hybridized carbons (Fsp3) is 0.636. The lowest BCUT2D eigenvalue weighted by Gasteiger charge is -2.24. The molecule has 78 valence electrons. The van der Waals surface area contributed by atoms with E-state index in [1.807, 2.05) is 11.3 Å². The minimum absolute atomic E-state index is 0.569. The Bertz CT molecular complexity index is 308. The number of aryl methyl sites for hydroxylation is 1. The largest absolute Gasteiger partial charge is 0.330 e. The molecule has 2 N–H and O–H groups in total. The van der Waals surface area contributed by atoms with Crippen LogP contribution in [0.15, 0.2) is 11.4 Å². The van der Waals surface area contributed by atoms with Crippen molar-refractivity contribution in [2.75, 3.05) is 20.1 Å². The summed E-state index contributed by atoms with van der Waals surface area (Å²) in [6, 6.07) is 2.78. The van der Waals surface area contributed by atoms with E-state index in [0.29, 0.717) is 12.0 Å². The van der Waals surface area contributed by atoms with Crippen LogP contribution in [0.3, 0.4) is 0 Å². The van der Waals surface area contributed by atoms with Crippen LogP contribution in [0, 0.1) is 12.8 Å². The summed E-state index contributed by atoms with van der Waals surface area (Å²) in [6.45, 7) is 4.20. The molecule has 0 amide bonds. The van der Waals surface area contributed by atoms with Gasteiger partial charge >= 0.3 is 0 Å². The van der Waals surface area contributed by atoms with Crippen molar-refractivity contribution in [1.29, 1.82) is 0 Å². The molecule has 1 fully saturated rings. The maximum Gasteiger partial charge on any atom is 0.0481 e. The molecule has 0 bridgehead atoms. The zero-order valence-electron chi connectivity index (χ0n) is 8.86. The summed E-state index contributed by atoms with van der Waals surface area (Å²) >= 11 is 1.87. The first-order valence-corrected chi connectivity index (χ1v) is 6.06. The van der Waals surface area contributed by atoms with E-state index < -0.39 is 0 Å². The third-order valence-corrected chi connectivity index (χ3v) is 4.34. The van der Waals surface area contributed by atoms with Crippen molar-refractivity contribution in [3.8, 4) is 0 Å². The fourth-order valence-corrected chi connectivity index (χ4v) is 3.56. The first kappa shape index (κ1) is 10.1. The quantitative estimate of drug-likeness (QED) is 0.809. The standard InChI is InChI=1S/C11H18N2S/c1-8-4-6-14-11(8)10-9(7-12)3-5-13(10)2/h4,6,9-10H,3,5,7,12H2,1-2H3. The molecule has 14 heavy (non-hydrogen) atoms. The molecule has 0 radical (unpaired) electrons. The SMILES string of the molecule is Cc1ccsc1C1C(CN)CCN1C. The fourth-order valence-electron chi connectivity index (χ4n) is 2.37. The van der Waals surface area contributed by atoms with Crippen LogP contribution in [0.25, 0.3) is 0 Å².